The van der Waals surface area contributed by atoms with Crippen LogP contribution in [0.4, 0.5) is 5.13 Å². The molecule has 7 heteroatoms. The number of nitrogens with one attached hydrogen (secondary N) is 1. The van der Waals surface area contributed by atoms with Crippen LogP contribution in [0.15, 0.2) is 16.7 Å². The maximum Gasteiger partial charge on any atom is 0.274 e. The van der Waals surface area contributed by atoms with E-state index < -0.39 is 0 Å². The summed E-state index contributed by atoms with van der Waals surface area (Å²) in [5, 5.41) is 12.2. The van der Waals surface area contributed by atoms with Gasteiger partial charge in [-0.05, 0) is 42.3 Å². The third kappa shape index (κ3) is 3.22. The van der Waals surface area contributed by atoms with E-state index in [0.717, 1.165) is 15.9 Å². The summed E-state index contributed by atoms with van der Waals surface area (Å²) >= 11 is 4.80. The highest BCUT2D eigenvalue weighted by atomic mass is 79.9. The summed E-state index contributed by atoms with van der Waals surface area (Å²) in [6, 6.07) is 2.02. The van der Waals surface area contributed by atoms with E-state index in [2.05, 4.69) is 31.4 Å². The molecule has 0 bridgehead atoms. The van der Waals surface area contributed by atoms with Crippen molar-refractivity contribution in [2.24, 2.45) is 0 Å². The van der Waals surface area contributed by atoms with Gasteiger partial charge in [-0.3, -0.25) is 10.1 Å². The maximum atomic E-state index is 12.2. The van der Waals surface area contributed by atoms with E-state index >= 15 is 0 Å². The Morgan fingerprint density at radius 1 is 1.53 bits per heavy atom. The largest absolute Gasteiger partial charge is 0.340 e. The molecule has 0 fully saturated rings. The molecule has 2 aromatic heterocycles. The van der Waals surface area contributed by atoms with Gasteiger partial charge in [-0.2, -0.15) is 0 Å². The van der Waals surface area contributed by atoms with Crippen LogP contribution >= 0.6 is 27.3 Å². The molecule has 2 heterocycles. The first-order valence-corrected chi connectivity index (χ1v) is 7.63. The fourth-order valence-electron chi connectivity index (χ4n) is 1.66. The molecule has 0 aromatic carbocycles. The second-order valence-corrected chi connectivity index (χ2v) is 6.33. The first-order valence-electron chi connectivity index (χ1n) is 6.02. The van der Waals surface area contributed by atoms with E-state index in [1.807, 2.05) is 31.5 Å². The zero-order valence-corrected chi connectivity index (χ0v) is 13.4. The second-order valence-electron chi connectivity index (χ2n) is 4.35. The number of aromatic nitrogens is 3. The second kappa shape index (κ2) is 5.83. The average Bonchev–Trinajstić information content (AvgIpc) is 2.95. The Balaban J connectivity index is 2.20. The average molecular weight is 343 g/mol. The summed E-state index contributed by atoms with van der Waals surface area (Å²) in [4.78, 5) is 12.2. The summed E-state index contributed by atoms with van der Waals surface area (Å²) < 4.78 is 2.80. The van der Waals surface area contributed by atoms with Gasteiger partial charge in [0.25, 0.3) is 5.91 Å². The summed E-state index contributed by atoms with van der Waals surface area (Å²) in [5.74, 6) is -0.168. The monoisotopic (exact) mass is 342 g/mol. The Bertz CT molecular complexity index is 590. The Labute approximate surface area is 124 Å². The molecule has 0 saturated carbocycles. The lowest BCUT2D eigenvalue weighted by Gasteiger charge is -2.11. The molecule has 0 atom stereocenters. The van der Waals surface area contributed by atoms with Gasteiger partial charge in [0.1, 0.15) is 10.7 Å². The zero-order chi connectivity index (χ0) is 14.0. The molecular weight excluding hydrogens is 328 g/mol. The molecule has 0 spiro atoms. The molecule has 0 saturated heterocycles. The Morgan fingerprint density at radius 3 is 2.84 bits per heavy atom. The number of halogens is 1. The molecule has 1 amide bonds. The van der Waals surface area contributed by atoms with Crippen molar-refractivity contribution in [1.29, 1.82) is 0 Å². The van der Waals surface area contributed by atoms with Crippen molar-refractivity contribution in [2.75, 3.05) is 5.32 Å². The van der Waals surface area contributed by atoms with Gasteiger partial charge in [0.15, 0.2) is 0 Å². The molecule has 102 valence electrons. The van der Waals surface area contributed by atoms with Crippen LogP contribution in [0.5, 0.6) is 0 Å². The topological polar surface area (TPSA) is 59.8 Å². The van der Waals surface area contributed by atoms with Crippen LogP contribution in [0, 0.1) is 0 Å². The van der Waals surface area contributed by atoms with E-state index in [-0.39, 0.29) is 11.9 Å². The molecule has 5 nitrogen and oxygen atoms in total. The minimum atomic E-state index is -0.168. The number of carbonyl (C=O) groups excluding carboxylic acids is 1. The first-order chi connectivity index (χ1) is 9.01. The van der Waals surface area contributed by atoms with E-state index in [9.17, 15) is 4.79 Å². The molecule has 1 N–H and O–H groups in total. The van der Waals surface area contributed by atoms with Crippen LogP contribution in [0.2, 0.25) is 0 Å². The maximum absolute atomic E-state index is 12.2. The van der Waals surface area contributed by atoms with Crippen LogP contribution in [0.1, 0.15) is 42.3 Å². The highest BCUT2D eigenvalue weighted by molar-refractivity contribution is 9.10. The summed E-state index contributed by atoms with van der Waals surface area (Å²) in [6.07, 6.45) is 2.72. The van der Waals surface area contributed by atoms with Gasteiger partial charge in [-0.15, -0.1) is 10.2 Å². The van der Waals surface area contributed by atoms with Crippen molar-refractivity contribution in [3.63, 3.8) is 0 Å². The van der Waals surface area contributed by atoms with Gasteiger partial charge in [0, 0.05) is 16.7 Å². The van der Waals surface area contributed by atoms with Gasteiger partial charge in [0.05, 0.1) is 0 Å². The highest BCUT2D eigenvalue weighted by Crippen LogP contribution is 2.21. The molecule has 0 radical (unpaired) electrons. The van der Waals surface area contributed by atoms with Crippen molar-refractivity contribution in [2.45, 2.75) is 33.2 Å². The Morgan fingerprint density at radius 2 is 2.26 bits per heavy atom. The lowest BCUT2D eigenvalue weighted by Crippen LogP contribution is -2.17. The molecular formula is C12H15BrN4OS. The van der Waals surface area contributed by atoms with Gasteiger partial charge >= 0.3 is 0 Å². The number of nitrogens with zero attached hydrogens (tertiary/aromatic N) is 3. The lowest BCUT2D eigenvalue weighted by molar-refractivity contribution is 0.101. The first kappa shape index (κ1) is 14.2. The van der Waals surface area contributed by atoms with Crippen LogP contribution in [-0.4, -0.2) is 20.7 Å². The number of rotatable bonds is 4. The van der Waals surface area contributed by atoms with Crippen LogP contribution in [-0.2, 0) is 6.42 Å². The van der Waals surface area contributed by atoms with Crippen molar-refractivity contribution < 1.29 is 4.79 Å². The quantitative estimate of drug-likeness (QED) is 0.924. The third-order valence-corrected chi connectivity index (χ3v) is 4.01. The molecule has 2 aromatic rings. The lowest BCUT2D eigenvalue weighted by atomic mass is 10.3. The number of hydrogen-bond acceptors (Lipinski definition) is 4. The van der Waals surface area contributed by atoms with Crippen LogP contribution < -0.4 is 5.32 Å². The predicted molar refractivity (Wildman–Crippen MR) is 79.8 cm³/mol. The van der Waals surface area contributed by atoms with Crippen molar-refractivity contribution >= 4 is 38.3 Å². The SMILES string of the molecule is CCc1nnc(NC(=O)c2cc(Br)cn2C(C)C)s1. The molecule has 0 unspecified atom stereocenters. The number of anilines is 1. The minimum absolute atomic E-state index is 0.168. The van der Waals surface area contributed by atoms with E-state index in [4.69, 9.17) is 0 Å². The van der Waals surface area contributed by atoms with Crippen LogP contribution in [0.25, 0.3) is 0 Å². The van der Waals surface area contributed by atoms with Gasteiger partial charge in [-0.25, -0.2) is 0 Å². The molecule has 0 aliphatic rings. The predicted octanol–water partition coefficient (Wildman–Crippen LogP) is 3.50. The van der Waals surface area contributed by atoms with E-state index in [1.165, 1.54) is 11.3 Å². The van der Waals surface area contributed by atoms with Crippen molar-refractivity contribution in [3.05, 3.63) is 27.4 Å². The fraction of sp³-hybridized carbons (Fsp3) is 0.417. The van der Waals surface area contributed by atoms with Crippen molar-refractivity contribution in [1.82, 2.24) is 14.8 Å². The van der Waals surface area contributed by atoms with E-state index in [0.29, 0.717) is 10.8 Å². The normalized spacial score (nSPS) is 11.0. The summed E-state index contributed by atoms with van der Waals surface area (Å²) in [6.45, 7) is 6.07. The molecule has 0 aliphatic carbocycles. The summed E-state index contributed by atoms with van der Waals surface area (Å²) in [7, 11) is 0. The number of carbonyl (C=O) groups is 1. The van der Waals surface area contributed by atoms with Gasteiger partial charge in [-0.1, -0.05) is 18.3 Å². The Hall–Kier alpha value is -1.21. The third-order valence-electron chi connectivity index (χ3n) is 2.59. The van der Waals surface area contributed by atoms with Gasteiger partial charge in [0.2, 0.25) is 5.13 Å². The summed E-state index contributed by atoms with van der Waals surface area (Å²) in [5.41, 5.74) is 0.607. The number of amides is 1. The Kier molecular flexibility index (Phi) is 4.36. The number of hydrogen-bond donors (Lipinski definition) is 1. The molecule has 19 heavy (non-hydrogen) atoms. The van der Waals surface area contributed by atoms with Gasteiger partial charge < -0.3 is 4.57 Å². The molecule has 0 aliphatic heterocycles. The van der Waals surface area contributed by atoms with Crippen molar-refractivity contribution in [3.8, 4) is 0 Å². The highest BCUT2D eigenvalue weighted by Gasteiger charge is 2.16. The van der Waals surface area contributed by atoms with Crippen LogP contribution in [0.3, 0.4) is 0 Å². The molecule has 2 rings (SSSR count). The fourth-order valence-corrected chi connectivity index (χ4v) is 2.77. The number of aryl methyl sites for hydroxylation is 1. The standard InChI is InChI=1S/C12H15BrN4OS/c1-4-10-15-16-12(19-10)14-11(18)9-5-8(13)6-17(9)7(2)3/h5-7H,4H2,1-3H3,(H,14,16,18). The smallest absolute Gasteiger partial charge is 0.274 e. The zero-order valence-electron chi connectivity index (χ0n) is 11.0. The van der Waals surface area contributed by atoms with E-state index in [1.54, 1.807) is 6.07 Å². The minimum Gasteiger partial charge on any atom is -0.340 e.